The number of carboxylic acid groups (broad SMARTS) is 1. The molecule has 0 aromatic carbocycles. The van der Waals surface area contributed by atoms with Crippen molar-refractivity contribution in [3.05, 3.63) is 0 Å². The molecular formula is C21H41N7O5. The second kappa shape index (κ2) is 15.0. The first-order chi connectivity index (χ1) is 15.3. The number of nitrogens with one attached hydrogen (secondary N) is 3. The maximum absolute atomic E-state index is 13.0. The molecule has 0 aliphatic carbocycles. The molecule has 0 spiro atoms. The minimum absolute atomic E-state index is 0.0989. The zero-order valence-electron chi connectivity index (χ0n) is 20.3. The number of aliphatic carboxylic acids is 1. The molecule has 0 saturated carbocycles. The summed E-state index contributed by atoms with van der Waals surface area (Å²) in [4.78, 5) is 53.6. The van der Waals surface area contributed by atoms with E-state index in [0.717, 1.165) is 0 Å². The van der Waals surface area contributed by atoms with Gasteiger partial charge in [-0.2, -0.15) is 0 Å². The number of carboxylic acids is 1. The lowest BCUT2D eigenvalue weighted by Gasteiger charge is -2.28. The van der Waals surface area contributed by atoms with E-state index in [0.29, 0.717) is 19.3 Å². The fraction of sp³-hybridized carbons (Fsp3) is 0.762. The van der Waals surface area contributed by atoms with E-state index in [1.54, 1.807) is 13.8 Å². The molecule has 0 rings (SSSR count). The van der Waals surface area contributed by atoms with Crippen molar-refractivity contribution in [2.24, 2.45) is 34.0 Å². The Hall–Kier alpha value is -2.89. The topological polar surface area (TPSA) is 215 Å². The molecule has 0 heterocycles. The number of carbonyl (C=O) groups is 4. The molecule has 0 aromatic heterocycles. The van der Waals surface area contributed by atoms with Crippen molar-refractivity contribution in [1.29, 1.82) is 0 Å². The van der Waals surface area contributed by atoms with Crippen LogP contribution in [0.5, 0.6) is 0 Å². The molecule has 10 N–H and O–H groups in total. The van der Waals surface area contributed by atoms with Gasteiger partial charge in [0.25, 0.3) is 0 Å². The SMILES string of the molecule is CCC(C)C(NC(=O)C(CCCN=C(N)N)NC(=O)C(NC(=O)C(C)N)C(C)CC)C(=O)O. The lowest BCUT2D eigenvalue weighted by atomic mass is 9.96. The number of rotatable bonds is 15. The third kappa shape index (κ3) is 11.0. The zero-order chi connectivity index (χ0) is 25.7. The standard InChI is InChI=1S/C21H41N7O5/c1-6-11(3)15(27-17(29)13(5)22)19(31)26-14(9-8-10-25-21(23)24)18(30)28-16(20(32)33)12(4)7-2/h11-16H,6-10,22H2,1-5H3,(H,26,31)(H,27,29)(H,28,30)(H,32,33)(H4,23,24,25). The minimum Gasteiger partial charge on any atom is -0.480 e. The molecule has 0 bridgehead atoms. The molecular weight excluding hydrogens is 430 g/mol. The van der Waals surface area contributed by atoms with Crippen molar-refractivity contribution >= 4 is 29.7 Å². The van der Waals surface area contributed by atoms with E-state index in [4.69, 9.17) is 17.2 Å². The molecule has 0 aliphatic rings. The maximum Gasteiger partial charge on any atom is 0.326 e. The highest BCUT2D eigenvalue weighted by atomic mass is 16.4. The van der Waals surface area contributed by atoms with Gasteiger partial charge in [-0.1, -0.05) is 40.5 Å². The summed E-state index contributed by atoms with van der Waals surface area (Å²) in [5.74, 6) is -3.50. The van der Waals surface area contributed by atoms with Gasteiger partial charge in [0.2, 0.25) is 17.7 Å². The van der Waals surface area contributed by atoms with Gasteiger partial charge in [-0.05, 0) is 31.6 Å². The van der Waals surface area contributed by atoms with Gasteiger partial charge >= 0.3 is 5.97 Å². The summed E-state index contributed by atoms with van der Waals surface area (Å²) in [7, 11) is 0. The summed E-state index contributed by atoms with van der Waals surface area (Å²) < 4.78 is 0. The molecule has 0 radical (unpaired) electrons. The molecule has 190 valence electrons. The normalized spacial score (nSPS) is 16.3. The van der Waals surface area contributed by atoms with Crippen molar-refractivity contribution in [2.75, 3.05) is 6.54 Å². The van der Waals surface area contributed by atoms with E-state index in [2.05, 4.69) is 20.9 Å². The number of nitrogens with zero attached hydrogens (tertiary/aromatic N) is 1. The fourth-order valence-electron chi connectivity index (χ4n) is 2.96. The van der Waals surface area contributed by atoms with E-state index < -0.39 is 47.9 Å². The van der Waals surface area contributed by atoms with Crippen LogP contribution in [-0.4, -0.2) is 65.5 Å². The molecule has 6 unspecified atom stereocenters. The van der Waals surface area contributed by atoms with Gasteiger partial charge in [0, 0.05) is 6.54 Å². The van der Waals surface area contributed by atoms with Crippen LogP contribution in [0.2, 0.25) is 0 Å². The van der Waals surface area contributed by atoms with Crippen molar-refractivity contribution in [3.8, 4) is 0 Å². The fourth-order valence-corrected chi connectivity index (χ4v) is 2.96. The Morgan fingerprint density at radius 2 is 1.36 bits per heavy atom. The van der Waals surface area contributed by atoms with Crippen molar-refractivity contribution in [1.82, 2.24) is 16.0 Å². The van der Waals surface area contributed by atoms with Gasteiger partial charge < -0.3 is 38.3 Å². The number of amides is 3. The van der Waals surface area contributed by atoms with E-state index >= 15 is 0 Å². The maximum atomic E-state index is 13.0. The molecule has 3 amide bonds. The van der Waals surface area contributed by atoms with Crippen LogP contribution in [0.4, 0.5) is 0 Å². The lowest BCUT2D eigenvalue weighted by molar-refractivity contribution is -0.144. The van der Waals surface area contributed by atoms with Crippen LogP contribution < -0.4 is 33.2 Å². The molecule has 0 saturated heterocycles. The monoisotopic (exact) mass is 471 g/mol. The Morgan fingerprint density at radius 1 is 0.848 bits per heavy atom. The molecule has 33 heavy (non-hydrogen) atoms. The van der Waals surface area contributed by atoms with Gasteiger partial charge in [0.15, 0.2) is 5.96 Å². The first kappa shape index (κ1) is 30.1. The summed E-state index contributed by atoms with van der Waals surface area (Å²) in [5.41, 5.74) is 16.2. The highest BCUT2D eigenvalue weighted by Crippen LogP contribution is 2.12. The highest BCUT2D eigenvalue weighted by Gasteiger charge is 2.33. The van der Waals surface area contributed by atoms with Gasteiger partial charge in [-0.15, -0.1) is 0 Å². The Labute approximate surface area is 195 Å². The largest absolute Gasteiger partial charge is 0.480 e. The van der Waals surface area contributed by atoms with Crippen LogP contribution in [0, 0.1) is 11.8 Å². The first-order valence-corrected chi connectivity index (χ1v) is 11.3. The number of nitrogens with two attached hydrogens (primary N) is 3. The number of guanidine groups is 1. The Bertz CT molecular complexity index is 694. The second-order valence-electron chi connectivity index (χ2n) is 8.38. The number of hydrogen-bond acceptors (Lipinski definition) is 6. The summed E-state index contributed by atoms with van der Waals surface area (Å²) in [6, 6.07) is -3.87. The predicted molar refractivity (Wildman–Crippen MR) is 126 cm³/mol. The van der Waals surface area contributed by atoms with E-state index in [1.165, 1.54) is 6.92 Å². The molecule has 12 nitrogen and oxygen atoms in total. The van der Waals surface area contributed by atoms with Crippen molar-refractivity contribution in [3.63, 3.8) is 0 Å². The average molecular weight is 472 g/mol. The minimum atomic E-state index is -1.16. The van der Waals surface area contributed by atoms with Crippen LogP contribution in [0.3, 0.4) is 0 Å². The quantitative estimate of drug-likeness (QED) is 0.0892. The van der Waals surface area contributed by atoms with E-state index in [9.17, 15) is 24.3 Å². The molecule has 6 atom stereocenters. The van der Waals surface area contributed by atoms with Crippen LogP contribution in [0.15, 0.2) is 4.99 Å². The van der Waals surface area contributed by atoms with Crippen LogP contribution in [0.1, 0.15) is 60.3 Å². The average Bonchev–Trinajstić information content (AvgIpc) is 2.75. The Kier molecular flexibility index (Phi) is 13.7. The van der Waals surface area contributed by atoms with Gasteiger partial charge in [0.1, 0.15) is 18.1 Å². The van der Waals surface area contributed by atoms with Gasteiger partial charge in [0.05, 0.1) is 6.04 Å². The Morgan fingerprint density at radius 3 is 1.82 bits per heavy atom. The highest BCUT2D eigenvalue weighted by molar-refractivity contribution is 5.94. The molecule has 0 aromatic rings. The van der Waals surface area contributed by atoms with Crippen molar-refractivity contribution in [2.45, 2.75) is 84.5 Å². The molecule has 0 fully saturated rings. The lowest BCUT2D eigenvalue weighted by Crippen LogP contribution is -2.58. The van der Waals surface area contributed by atoms with Crippen LogP contribution >= 0.6 is 0 Å². The zero-order valence-corrected chi connectivity index (χ0v) is 20.3. The van der Waals surface area contributed by atoms with E-state index in [-0.39, 0.29) is 30.8 Å². The van der Waals surface area contributed by atoms with Gasteiger partial charge in [-0.3, -0.25) is 19.4 Å². The summed E-state index contributed by atoms with van der Waals surface area (Å²) in [6.45, 7) is 8.93. The summed E-state index contributed by atoms with van der Waals surface area (Å²) in [5, 5.41) is 17.3. The third-order valence-corrected chi connectivity index (χ3v) is 5.56. The van der Waals surface area contributed by atoms with Crippen LogP contribution in [0.25, 0.3) is 0 Å². The number of carbonyl (C=O) groups excluding carboxylic acids is 3. The predicted octanol–water partition coefficient (Wildman–Crippen LogP) is -0.982. The first-order valence-electron chi connectivity index (χ1n) is 11.3. The number of aliphatic imine (C=N–C) groups is 1. The smallest absolute Gasteiger partial charge is 0.326 e. The molecule has 12 heteroatoms. The van der Waals surface area contributed by atoms with Gasteiger partial charge in [-0.25, -0.2) is 4.79 Å². The Balaban J connectivity index is 5.65. The summed E-state index contributed by atoms with van der Waals surface area (Å²) in [6.07, 6.45) is 1.65. The number of hydrogen-bond donors (Lipinski definition) is 7. The van der Waals surface area contributed by atoms with Crippen molar-refractivity contribution < 1.29 is 24.3 Å². The summed E-state index contributed by atoms with van der Waals surface area (Å²) >= 11 is 0. The van der Waals surface area contributed by atoms with Crippen LogP contribution in [-0.2, 0) is 19.2 Å². The van der Waals surface area contributed by atoms with E-state index in [1.807, 2.05) is 13.8 Å². The third-order valence-electron chi connectivity index (χ3n) is 5.56. The second-order valence-corrected chi connectivity index (χ2v) is 8.38. The molecule has 0 aliphatic heterocycles.